The molecular formula is C25H21ClN2O4. The fraction of sp³-hybridized carbons (Fsp3) is 0.120. The van der Waals surface area contributed by atoms with Gasteiger partial charge < -0.3 is 19.0 Å². The molecule has 0 spiro atoms. The molecule has 0 atom stereocenters. The first-order valence-electron chi connectivity index (χ1n) is 10.0. The number of hydrogen-bond acceptors (Lipinski definition) is 4. The molecule has 0 aliphatic heterocycles. The second-order valence-electron chi connectivity index (χ2n) is 7.20. The lowest BCUT2D eigenvalue weighted by Gasteiger charge is -2.11. The number of nitrogens with one attached hydrogen (secondary N) is 1. The fourth-order valence-electron chi connectivity index (χ4n) is 3.21. The third-order valence-electron chi connectivity index (χ3n) is 4.82. The van der Waals surface area contributed by atoms with Gasteiger partial charge in [-0.3, -0.25) is 9.59 Å². The van der Waals surface area contributed by atoms with E-state index in [0.717, 1.165) is 16.9 Å². The molecule has 0 fully saturated rings. The Balaban J connectivity index is 1.42. The summed E-state index contributed by atoms with van der Waals surface area (Å²) in [4.78, 5) is 25.0. The molecule has 0 saturated carbocycles. The largest absolute Gasteiger partial charge is 0.467 e. The van der Waals surface area contributed by atoms with E-state index in [-0.39, 0.29) is 18.0 Å². The molecule has 162 valence electrons. The SMILES string of the molecule is O=C(Nc1cccc(COCc2ccco2)c1)c1ccc(=O)n(Cc2ccccc2Cl)c1. The number of rotatable bonds is 8. The Morgan fingerprint density at radius 2 is 1.88 bits per heavy atom. The number of halogens is 1. The molecule has 4 aromatic rings. The highest BCUT2D eigenvalue weighted by Gasteiger charge is 2.10. The molecule has 1 N–H and O–H groups in total. The van der Waals surface area contributed by atoms with E-state index in [1.807, 2.05) is 48.5 Å². The van der Waals surface area contributed by atoms with E-state index in [0.29, 0.717) is 29.5 Å². The van der Waals surface area contributed by atoms with Crippen LogP contribution in [0.25, 0.3) is 0 Å². The molecule has 2 aromatic heterocycles. The first-order valence-corrected chi connectivity index (χ1v) is 10.4. The van der Waals surface area contributed by atoms with E-state index in [1.165, 1.54) is 22.9 Å². The van der Waals surface area contributed by atoms with Crippen LogP contribution in [-0.2, 0) is 24.5 Å². The van der Waals surface area contributed by atoms with Gasteiger partial charge in [-0.05, 0) is 47.5 Å². The van der Waals surface area contributed by atoms with Crippen molar-refractivity contribution >= 4 is 23.2 Å². The number of pyridine rings is 1. The zero-order valence-corrected chi connectivity index (χ0v) is 17.9. The van der Waals surface area contributed by atoms with Crippen LogP contribution in [0.2, 0.25) is 5.02 Å². The number of aromatic nitrogens is 1. The Kier molecular flexibility index (Phi) is 6.84. The second kappa shape index (κ2) is 10.1. The molecule has 0 radical (unpaired) electrons. The van der Waals surface area contributed by atoms with Crippen LogP contribution in [0.5, 0.6) is 0 Å². The molecule has 6 nitrogen and oxygen atoms in total. The van der Waals surface area contributed by atoms with Gasteiger partial charge in [-0.2, -0.15) is 0 Å². The maximum absolute atomic E-state index is 12.8. The number of nitrogens with zero attached hydrogens (tertiary/aromatic N) is 1. The minimum atomic E-state index is -0.313. The average molecular weight is 449 g/mol. The van der Waals surface area contributed by atoms with Crippen molar-refractivity contribution in [3.63, 3.8) is 0 Å². The second-order valence-corrected chi connectivity index (χ2v) is 7.61. The van der Waals surface area contributed by atoms with Gasteiger partial charge in [0.1, 0.15) is 12.4 Å². The van der Waals surface area contributed by atoms with E-state index < -0.39 is 0 Å². The van der Waals surface area contributed by atoms with Crippen molar-refractivity contribution in [2.75, 3.05) is 5.32 Å². The predicted octanol–water partition coefficient (Wildman–Crippen LogP) is 5.11. The highest BCUT2D eigenvalue weighted by molar-refractivity contribution is 6.31. The Bertz CT molecular complexity index is 1260. The van der Waals surface area contributed by atoms with Crippen LogP contribution in [0, 0.1) is 0 Å². The van der Waals surface area contributed by atoms with Crippen molar-refractivity contribution in [1.82, 2.24) is 4.57 Å². The first-order chi connectivity index (χ1) is 15.6. The zero-order chi connectivity index (χ0) is 22.3. The summed E-state index contributed by atoms with van der Waals surface area (Å²) in [6, 6.07) is 21.3. The van der Waals surface area contributed by atoms with Crippen molar-refractivity contribution in [1.29, 1.82) is 0 Å². The lowest BCUT2D eigenvalue weighted by molar-refractivity contribution is 0.0929. The summed E-state index contributed by atoms with van der Waals surface area (Å²) < 4.78 is 12.4. The topological polar surface area (TPSA) is 73.5 Å². The van der Waals surface area contributed by atoms with Gasteiger partial charge in [-0.15, -0.1) is 0 Å². The van der Waals surface area contributed by atoms with E-state index in [2.05, 4.69) is 5.32 Å². The van der Waals surface area contributed by atoms with Gasteiger partial charge in [0.05, 0.1) is 25.0 Å². The van der Waals surface area contributed by atoms with E-state index in [4.69, 9.17) is 20.8 Å². The molecule has 0 unspecified atom stereocenters. The molecule has 2 heterocycles. The van der Waals surface area contributed by atoms with Crippen LogP contribution in [0.4, 0.5) is 5.69 Å². The van der Waals surface area contributed by atoms with Gasteiger partial charge in [-0.1, -0.05) is 41.9 Å². The average Bonchev–Trinajstić information content (AvgIpc) is 3.30. The van der Waals surface area contributed by atoms with Crippen LogP contribution in [0.3, 0.4) is 0 Å². The van der Waals surface area contributed by atoms with Gasteiger partial charge in [0.15, 0.2) is 0 Å². The normalized spacial score (nSPS) is 10.8. The highest BCUT2D eigenvalue weighted by atomic mass is 35.5. The third-order valence-corrected chi connectivity index (χ3v) is 5.19. The predicted molar refractivity (Wildman–Crippen MR) is 123 cm³/mol. The minimum Gasteiger partial charge on any atom is -0.467 e. The van der Waals surface area contributed by atoms with E-state index in [1.54, 1.807) is 18.4 Å². The lowest BCUT2D eigenvalue weighted by Crippen LogP contribution is -2.22. The summed E-state index contributed by atoms with van der Waals surface area (Å²) in [5, 5.41) is 3.44. The number of carbonyl (C=O) groups excluding carboxylic acids is 1. The minimum absolute atomic E-state index is 0.211. The molecule has 0 bridgehead atoms. The quantitative estimate of drug-likeness (QED) is 0.406. The van der Waals surface area contributed by atoms with Crippen molar-refractivity contribution in [3.05, 3.63) is 123 Å². The van der Waals surface area contributed by atoms with E-state index >= 15 is 0 Å². The fourth-order valence-corrected chi connectivity index (χ4v) is 3.40. The van der Waals surface area contributed by atoms with Crippen LogP contribution in [0.15, 0.2) is 94.5 Å². The van der Waals surface area contributed by atoms with E-state index in [9.17, 15) is 9.59 Å². The molecule has 4 rings (SSSR count). The van der Waals surface area contributed by atoms with Crippen LogP contribution >= 0.6 is 11.6 Å². The molecular weight excluding hydrogens is 428 g/mol. The van der Waals surface area contributed by atoms with Crippen molar-refractivity contribution in [2.24, 2.45) is 0 Å². The van der Waals surface area contributed by atoms with Gasteiger partial charge in [-0.25, -0.2) is 0 Å². The van der Waals surface area contributed by atoms with Crippen molar-refractivity contribution < 1.29 is 13.9 Å². The maximum atomic E-state index is 12.8. The van der Waals surface area contributed by atoms with Gasteiger partial charge >= 0.3 is 0 Å². The third kappa shape index (κ3) is 5.55. The van der Waals surface area contributed by atoms with Gasteiger partial charge in [0.25, 0.3) is 11.5 Å². The smallest absolute Gasteiger partial charge is 0.257 e. The molecule has 0 saturated heterocycles. The Hall–Kier alpha value is -3.61. The first kappa shape index (κ1) is 21.6. The number of anilines is 1. The van der Waals surface area contributed by atoms with Crippen molar-refractivity contribution in [3.8, 4) is 0 Å². The number of ether oxygens (including phenoxy) is 1. The molecule has 2 aromatic carbocycles. The summed E-state index contributed by atoms with van der Waals surface area (Å²) in [5.74, 6) is 0.438. The summed E-state index contributed by atoms with van der Waals surface area (Å²) in [5.41, 5.74) is 2.51. The molecule has 1 amide bonds. The maximum Gasteiger partial charge on any atom is 0.257 e. The Morgan fingerprint density at radius 3 is 2.69 bits per heavy atom. The number of furan rings is 1. The zero-order valence-electron chi connectivity index (χ0n) is 17.2. The van der Waals surface area contributed by atoms with Crippen LogP contribution < -0.4 is 10.9 Å². The standard InChI is InChI=1S/C25H21ClN2O4/c26-23-9-2-1-6-19(23)14-28-15-20(10-11-24(28)29)25(30)27-21-7-3-5-18(13-21)16-31-17-22-8-4-12-32-22/h1-13,15H,14,16-17H2,(H,27,30). The van der Waals surface area contributed by atoms with Crippen LogP contribution in [-0.4, -0.2) is 10.5 Å². The monoisotopic (exact) mass is 448 g/mol. The van der Waals surface area contributed by atoms with Gasteiger partial charge in [0.2, 0.25) is 0 Å². The molecule has 32 heavy (non-hydrogen) atoms. The number of carbonyl (C=O) groups is 1. The highest BCUT2D eigenvalue weighted by Crippen LogP contribution is 2.17. The molecule has 7 heteroatoms. The Labute approximate surface area is 190 Å². The van der Waals surface area contributed by atoms with Crippen LogP contribution in [0.1, 0.15) is 27.2 Å². The molecule has 0 aliphatic carbocycles. The van der Waals surface area contributed by atoms with Gasteiger partial charge in [0, 0.05) is 23.0 Å². The summed E-state index contributed by atoms with van der Waals surface area (Å²) >= 11 is 6.21. The summed E-state index contributed by atoms with van der Waals surface area (Å²) in [6.45, 7) is 1.03. The number of amides is 1. The lowest BCUT2D eigenvalue weighted by atomic mass is 10.2. The Morgan fingerprint density at radius 1 is 1.00 bits per heavy atom. The van der Waals surface area contributed by atoms with Crippen molar-refractivity contribution in [2.45, 2.75) is 19.8 Å². The molecule has 0 aliphatic rings. The summed E-state index contributed by atoms with van der Waals surface area (Å²) in [7, 11) is 0. The summed E-state index contributed by atoms with van der Waals surface area (Å²) in [6.07, 6.45) is 3.14. The number of hydrogen-bond donors (Lipinski definition) is 1. The number of benzene rings is 2.